The van der Waals surface area contributed by atoms with Gasteiger partial charge in [-0.2, -0.15) is 0 Å². The van der Waals surface area contributed by atoms with Crippen molar-refractivity contribution in [3.05, 3.63) is 24.3 Å². The second-order valence-electron chi connectivity index (χ2n) is 10.4. The molecule has 3 aliphatic heterocycles. The fourth-order valence-electron chi connectivity index (χ4n) is 5.70. The van der Waals surface area contributed by atoms with Gasteiger partial charge < -0.3 is 30.1 Å². The van der Waals surface area contributed by atoms with Crippen LogP contribution in [0, 0.1) is 11.8 Å². The molecule has 0 aliphatic carbocycles. The molecule has 3 heterocycles. The number of nitrogens with zero attached hydrogens (tertiary/aromatic N) is 1. The van der Waals surface area contributed by atoms with Gasteiger partial charge in [-0.3, -0.25) is 14.4 Å². The average Bonchev–Trinajstić information content (AvgIpc) is 3.40. The summed E-state index contributed by atoms with van der Waals surface area (Å²) in [5, 5.41) is 15.3. The zero-order valence-corrected chi connectivity index (χ0v) is 20.3. The Balaban J connectivity index is 1.60. The van der Waals surface area contributed by atoms with Gasteiger partial charge in [-0.25, -0.2) is 0 Å². The van der Waals surface area contributed by atoms with E-state index in [4.69, 9.17) is 9.47 Å². The molecule has 0 saturated carbocycles. The number of hydrogen-bond donors (Lipinski definition) is 3. The predicted molar refractivity (Wildman–Crippen MR) is 125 cm³/mol. The summed E-state index contributed by atoms with van der Waals surface area (Å²) in [5.41, 5.74) is -0.916. The summed E-state index contributed by atoms with van der Waals surface area (Å²) in [6.07, 6.45) is 1.08. The van der Waals surface area contributed by atoms with E-state index in [0.717, 1.165) is 0 Å². The largest absolute Gasteiger partial charge is 0.494 e. The summed E-state index contributed by atoms with van der Waals surface area (Å²) >= 11 is 0. The number of carbonyl (C=O) groups is 3. The smallest absolute Gasteiger partial charge is 0.246 e. The van der Waals surface area contributed by atoms with Gasteiger partial charge in [0.25, 0.3) is 0 Å². The third-order valence-corrected chi connectivity index (χ3v) is 6.84. The molecule has 0 radical (unpaired) electrons. The Morgan fingerprint density at radius 2 is 1.94 bits per heavy atom. The van der Waals surface area contributed by atoms with Crippen LogP contribution < -0.4 is 15.4 Å². The fraction of sp³-hybridized carbons (Fsp3) is 0.640. The summed E-state index contributed by atoms with van der Waals surface area (Å²) in [5.74, 6) is -1.53. The Morgan fingerprint density at radius 1 is 1.24 bits per heavy atom. The molecule has 186 valence electrons. The third kappa shape index (κ3) is 4.27. The number of aliphatic hydroxyl groups is 1. The number of hydrogen-bond acceptors (Lipinski definition) is 6. The standard InChI is InChI=1S/C25H35N3O6/c1-5-33-16-9-7-15(8-10-16)26-21(30)18-17-11-12-25(34-17)19(18)23(32)28(13-6-14-29)20(25)22(31)27-24(2,3)4/h7-10,17-20,29H,5-6,11-14H2,1-4H3,(H,26,30)(H,27,31)/t17-,18+,19+,20?,25?/m1/s1. The first kappa shape index (κ1) is 24.5. The van der Waals surface area contributed by atoms with E-state index in [9.17, 15) is 19.5 Å². The van der Waals surface area contributed by atoms with Gasteiger partial charge in [-0.05, 0) is 71.2 Å². The van der Waals surface area contributed by atoms with E-state index < -0.39 is 35.1 Å². The highest BCUT2D eigenvalue weighted by Crippen LogP contribution is 2.58. The van der Waals surface area contributed by atoms with Crippen LogP contribution in [-0.2, 0) is 19.1 Å². The number of benzene rings is 1. The molecule has 3 saturated heterocycles. The second kappa shape index (κ2) is 9.19. The molecular weight excluding hydrogens is 438 g/mol. The lowest BCUT2D eigenvalue weighted by molar-refractivity contribution is -0.142. The van der Waals surface area contributed by atoms with Crippen LogP contribution in [-0.4, -0.2) is 70.8 Å². The summed E-state index contributed by atoms with van der Waals surface area (Å²) < 4.78 is 11.8. The van der Waals surface area contributed by atoms with Crippen LogP contribution >= 0.6 is 0 Å². The summed E-state index contributed by atoms with van der Waals surface area (Å²) in [6.45, 7) is 8.24. The van der Waals surface area contributed by atoms with Crippen LogP contribution in [0.3, 0.4) is 0 Å². The highest BCUT2D eigenvalue weighted by Gasteiger charge is 2.74. The van der Waals surface area contributed by atoms with E-state index in [-0.39, 0.29) is 30.9 Å². The third-order valence-electron chi connectivity index (χ3n) is 6.84. The van der Waals surface area contributed by atoms with E-state index in [0.29, 0.717) is 37.3 Å². The van der Waals surface area contributed by atoms with Gasteiger partial charge in [0.05, 0.1) is 24.5 Å². The highest BCUT2D eigenvalue weighted by atomic mass is 16.5. The van der Waals surface area contributed by atoms with Crippen molar-refractivity contribution in [1.29, 1.82) is 0 Å². The minimum absolute atomic E-state index is 0.0970. The molecule has 5 atom stereocenters. The molecule has 34 heavy (non-hydrogen) atoms. The minimum atomic E-state index is -1.03. The first-order chi connectivity index (χ1) is 16.1. The molecule has 1 spiro atoms. The molecule has 0 aromatic heterocycles. The first-order valence-electron chi connectivity index (χ1n) is 12.1. The van der Waals surface area contributed by atoms with E-state index >= 15 is 0 Å². The summed E-state index contributed by atoms with van der Waals surface area (Å²) in [4.78, 5) is 41.9. The molecule has 1 aromatic carbocycles. The van der Waals surface area contributed by atoms with Crippen molar-refractivity contribution in [2.75, 3.05) is 25.1 Å². The van der Waals surface area contributed by atoms with Crippen molar-refractivity contribution in [2.24, 2.45) is 11.8 Å². The number of carbonyl (C=O) groups excluding carboxylic acids is 3. The molecular formula is C25H35N3O6. The summed E-state index contributed by atoms with van der Waals surface area (Å²) in [7, 11) is 0. The number of fused-ring (bicyclic) bond motifs is 1. The first-order valence-corrected chi connectivity index (χ1v) is 12.1. The quantitative estimate of drug-likeness (QED) is 0.529. The van der Waals surface area contributed by atoms with Gasteiger partial charge in [0.2, 0.25) is 17.7 Å². The molecule has 9 nitrogen and oxygen atoms in total. The number of likely N-dealkylation sites (tertiary alicyclic amines) is 1. The van der Waals surface area contributed by atoms with Crippen molar-refractivity contribution < 1.29 is 29.0 Å². The van der Waals surface area contributed by atoms with E-state index in [1.807, 2.05) is 27.7 Å². The maximum atomic E-state index is 13.6. The maximum Gasteiger partial charge on any atom is 0.246 e. The topological polar surface area (TPSA) is 117 Å². The van der Waals surface area contributed by atoms with Crippen LogP contribution in [0.15, 0.2) is 24.3 Å². The van der Waals surface area contributed by atoms with Crippen molar-refractivity contribution in [2.45, 2.75) is 70.2 Å². The van der Waals surface area contributed by atoms with Gasteiger partial charge in [0.15, 0.2) is 0 Å². The normalized spacial score (nSPS) is 29.8. The SMILES string of the molecule is CCOc1ccc(NC(=O)[C@@H]2[C@H]3C(=O)N(CCCO)C(C(=O)NC(C)(C)C)C34CC[C@H]2O4)cc1. The zero-order chi connectivity index (χ0) is 24.7. The lowest BCUT2D eigenvalue weighted by Crippen LogP contribution is -2.58. The lowest BCUT2D eigenvalue weighted by Gasteiger charge is -2.35. The van der Waals surface area contributed by atoms with Crippen LogP contribution in [0.4, 0.5) is 5.69 Å². The minimum Gasteiger partial charge on any atom is -0.494 e. The molecule has 1 aromatic rings. The molecule has 9 heteroatoms. The Labute approximate surface area is 200 Å². The Hall–Kier alpha value is -2.65. The van der Waals surface area contributed by atoms with Gasteiger partial charge in [-0.15, -0.1) is 0 Å². The van der Waals surface area contributed by atoms with Crippen molar-refractivity contribution in [1.82, 2.24) is 10.2 Å². The molecule has 2 unspecified atom stereocenters. The summed E-state index contributed by atoms with van der Waals surface area (Å²) in [6, 6.07) is 6.25. The van der Waals surface area contributed by atoms with Crippen molar-refractivity contribution >= 4 is 23.4 Å². The molecule has 3 aliphatic rings. The zero-order valence-electron chi connectivity index (χ0n) is 20.3. The van der Waals surface area contributed by atoms with Gasteiger partial charge >= 0.3 is 0 Å². The number of rotatable bonds is 8. The van der Waals surface area contributed by atoms with Gasteiger partial charge in [0, 0.05) is 24.4 Å². The fourth-order valence-corrected chi connectivity index (χ4v) is 5.70. The number of amides is 3. The molecule has 3 amide bonds. The maximum absolute atomic E-state index is 13.6. The van der Waals surface area contributed by atoms with Crippen LogP contribution in [0.1, 0.15) is 47.0 Å². The van der Waals surface area contributed by atoms with Crippen LogP contribution in [0.25, 0.3) is 0 Å². The van der Waals surface area contributed by atoms with Crippen LogP contribution in [0.2, 0.25) is 0 Å². The number of aliphatic hydroxyl groups excluding tert-OH is 1. The van der Waals surface area contributed by atoms with Gasteiger partial charge in [0.1, 0.15) is 17.4 Å². The molecule has 3 N–H and O–H groups in total. The van der Waals surface area contributed by atoms with E-state index in [2.05, 4.69) is 10.6 Å². The second-order valence-corrected chi connectivity index (χ2v) is 10.4. The Kier molecular flexibility index (Phi) is 6.61. The number of nitrogens with one attached hydrogen (secondary N) is 2. The van der Waals surface area contributed by atoms with Crippen molar-refractivity contribution in [3.8, 4) is 5.75 Å². The highest BCUT2D eigenvalue weighted by molar-refractivity contribution is 6.02. The van der Waals surface area contributed by atoms with E-state index in [1.54, 1.807) is 24.3 Å². The number of ether oxygens (including phenoxy) is 2. The molecule has 4 rings (SSSR count). The Morgan fingerprint density at radius 3 is 2.56 bits per heavy atom. The molecule has 3 fully saturated rings. The van der Waals surface area contributed by atoms with Crippen molar-refractivity contribution in [3.63, 3.8) is 0 Å². The van der Waals surface area contributed by atoms with Crippen LogP contribution in [0.5, 0.6) is 5.75 Å². The van der Waals surface area contributed by atoms with E-state index in [1.165, 1.54) is 4.90 Å². The monoisotopic (exact) mass is 473 g/mol. The number of anilines is 1. The predicted octanol–water partition coefficient (Wildman–Crippen LogP) is 1.70. The van der Waals surface area contributed by atoms with Gasteiger partial charge in [-0.1, -0.05) is 0 Å². The Bertz CT molecular complexity index is 943. The average molecular weight is 474 g/mol. The lowest BCUT2D eigenvalue weighted by atomic mass is 9.70. The molecule has 2 bridgehead atoms.